The van der Waals surface area contributed by atoms with Crippen LogP contribution in [0.5, 0.6) is 0 Å². The fourth-order valence-corrected chi connectivity index (χ4v) is 2.27. The van der Waals surface area contributed by atoms with Crippen LogP contribution in [0.3, 0.4) is 0 Å². The van der Waals surface area contributed by atoms with E-state index in [2.05, 4.69) is 5.32 Å². The molecule has 1 N–H and O–H groups in total. The lowest BCUT2D eigenvalue weighted by atomic mass is 9.91. The average Bonchev–Trinajstić information content (AvgIpc) is 2.31. The summed E-state index contributed by atoms with van der Waals surface area (Å²) < 4.78 is 27.3. The average molecular weight is 225 g/mol. The van der Waals surface area contributed by atoms with Crippen LogP contribution in [-0.2, 0) is 0 Å². The zero-order valence-corrected chi connectivity index (χ0v) is 9.26. The molecular formula is C13H17F2N. The van der Waals surface area contributed by atoms with Crippen LogP contribution in [0.25, 0.3) is 0 Å². The Balaban J connectivity index is 1.96. The molecule has 1 saturated heterocycles. The van der Waals surface area contributed by atoms with Gasteiger partial charge < -0.3 is 5.32 Å². The third-order valence-corrected chi connectivity index (χ3v) is 3.18. The molecule has 1 aliphatic heterocycles. The molecule has 1 nitrogen and oxygen atoms in total. The zero-order valence-electron chi connectivity index (χ0n) is 9.26. The first-order valence-electron chi connectivity index (χ1n) is 5.86. The second kappa shape index (κ2) is 5.39. The van der Waals surface area contributed by atoms with Crippen molar-refractivity contribution in [2.24, 2.45) is 5.92 Å². The number of benzene rings is 1. The maximum Gasteiger partial charge on any atom is 0.129 e. The Morgan fingerprint density at radius 1 is 1.38 bits per heavy atom. The summed E-state index contributed by atoms with van der Waals surface area (Å²) in [6.07, 6.45) is 1.39. The van der Waals surface area contributed by atoms with Gasteiger partial charge in [0.2, 0.25) is 0 Å². The molecule has 2 unspecified atom stereocenters. The van der Waals surface area contributed by atoms with Crippen LogP contribution in [0, 0.1) is 11.7 Å². The fraction of sp³-hybridized carbons (Fsp3) is 0.538. The van der Waals surface area contributed by atoms with Crippen LogP contribution in [-0.4, -0.2) is 13.1 Å². The maximum absolute atomic E-state index is 13.9. The summed E-state index contributed by atoms with van der Waals surface area (Å²) in [5.41, 5.74) is 0.202. The lowest BCUT2D eigenvalue weighted by molar-refractivity contribution is 0.238. The van der Waals surface area contributed by atoms with Gasteiger partial charge in [-0.2, -0.15) is 0 Å². The summed E-state index contributed by atoms with van der Waals surface area (Å²) in [4.78, 5) is 0. The molecule has 3 heteroatoms. The Bertz CT molecular complexity index is 334. The number of piperidine rings is 1. The third kappa shape index (κ3) is 2.79. The minimum Gasteiger partial charge on any atom is -0.316 e. The van der Waals surface area contributed by atoms with Gasteiger partial charge in [0.25, 0.3) is 0 Å². The minimum atomic E-state index is -1.17. The van der Waals surface area contributed by atoms with Crippen LogP contribution in [0.2, 0.25) is 0 Å². The monoisotopic (exact) mass is 225 g/mol. The fourth-order valence-electron chi connectivity index (χ4n) is 2.27. The van der Waals surface area contributed by atoms with E-state index in [9.17, 15) is 8.78 Å². The van der Waals surface area contributed by atoms with E-state index in [0.717, 1.165) is 25.9 Å². The van der Waals surface area contributed by atoms with Crippen molar-refractivity contribution in [2.75, 3.05) is 13.1 Å². The highest BCUT2D eigenvalue weighted by Crippen LogP contribution is 2.29. The first-order chi connectivity index (χ1) is 7.77. The van der Waals surface area contributed by atoms with Crippen LogP contribution in [0.15, 0.2) is 24.3 Å². The van der Waals surface area contributed by atoms with E-state index < -0.39 is 12.0 Å². The van der Waals surface area contributed by atoms with Gasteiger partial charge in [0.1, 0.15) is 12.0 Å². The van der Waals surface area contributed by atoms with E-state index in [1.807, 2.05) is 0 Å². The van der Waals surface area contributed by atoms with Gasteiger partial charge in [-0.1, -0.05) is 18.2 Å². The van der Waals surface area contributed by atoms with Gasteiger partial charge in [-0.3, -0.25) is 0 Å². The number of hydrogen-bond donors (Lipinski definition) is 1. The van der Waals surface area contributed by atoms with Crippen molar-refractivity contribution in [3.63, 3.8) is 0 Å². The molecule has 0 aromatic heterocycles. The molecule has 1 aromatic rings. The molecule has 16 heavy (non-hydrogen) atoms. The van der Waals surface area contributed by atoms with Crippen LogP contribution >= 0.6 is 0 Å². The SMILES string of the molecule is Fc1ccccc1C(F)CC1CCCNC1. The molecule has 0 radical (unpaired) electrons. The van der Waals surface area contributed by atoms with E-state index in [-0.39, 0.29) is 5.56 Å². The molecule has 2 atom stereocenters. The molecule has 1 aliphatic rings. The van der Waals surface area contributed by atoms with Gasteiger partial charge in [-0.25, -0.2) is 8.78 Å². The predicted octanol–water partition coefficient (Wildman–Crippen LogP) is 3.23. The van der Waals surface area contributed by atoms with Gasteiger partial charge in [0.05, 0.1) is 0 Å². The second-order valence-electron chi connectivity index (χ2n) is 4.44. The highest BCUT2D eigenvalue weighted by atomic mass is 19.1. The van der Waals surface area contributed by atoms with Crippen molar-refractivity contribution < 1.29 is 8.78 Å². The maximum atomic E-state index is 13.9. The topological polar surface area (TPSA) is 12.0 Å². The molecule has 0 saturated carbocycles. The Morgan fingerprint density at radius 2 is 2.19 bits per heavy atom. The summed E-state index contributed by atoms with van der Waals surface area (Å²) >= 11 is 0. The summed E-state index contributed by atoms with van der Waals surface area (Å²) in [5.74, 6) is -0.0953. The Labute approximate surface area is 94.9 Å². The van der Waals surface area contributed by atoms with Crippen LogP contribution < -0.4 is 5.32 Å². The molecule has 0 amide bonds. The first kappa shape index (κ1) is 11.5. The van der Waals surface area contributed by atoms with Crippen molar-refractivity contribution in [2.45, 2.75) is 25.4 Å². The Kier molecular flexibility index (Phi) is 3.88. The predicted molar refractivity (Wildman–Crippen MR) is 60.5 cm³/mol. The number of alkyl halides is 1. The number of nitrogens with one attached hydrogen (secondary N) is 1. The van der Waals surface area contributed by atoms with Gasteiger partial charge in [0.15, 0.2) is 0 Å². The summed E-state index contributed by atoms with van der Waals surface area (Å²) in [6.45, 7) is 1.88. The van der Waals surface area contributed by atoms with E-state index >= 15 is 0 Å². The Morgan fingerprint density at radius 3 is 2.88 bits per heavy atom. The number of rotatable bonds is 3. The molecule has 0 aliphatic carbocycles. The minimum absolute atomic E-state index is 0.202. The quantitative estimate of drug-likeness (QED) is 0.832. The molecule has 2 rings (SSSR count). The van der Waals surface area contributed by atoms with Crippen molar-refractivity contribution in [1.82, 2.24) is 5.32 Å². The summed E-state index contributed by atoms with van der Waals surface area (Å²) in [7, 11) is 0. The highest BCUT2D eigenvalue weighted by Gasteiger charge is 2.21. The molecule has 1 fully saturated rings. The van der Waals surface area contributed by atoms with Gasteiger partial charge in [0, 0.05) is 5.56 Å². The highest BCUT2D eigenvalue weighted by molar-refractivity contribution is 5.19. The van der Waals surface area contributed by atoms with E-state index in [1.54, 1.807) is 12.1 Å². The van der Waals surface area contributed by atoms with Crippen molar-refractivity contribution in [3.05, 3.63) is 35.6 Å². The molecule has 1 heterocycles. The summed E-state index contributed by atoms with van der Waals surface area (Å²) in [6, 6.07) is 6.13. The molecular weight excluding hydrogens is 208 g/mol. The van der Waals surface area contributed by atoms with Gasteiger partial charge in [-0.05, 0) is 44.3 Å². The van der Waals surface area contributed by atoms with Gasteiger partial charge in [-0.15, -0.1) is 0 Å². The van der Waals surface area contributed by atoms with E-state index in [0.29, 0.717) is 12.3 Å². The largest absolute Gasteiger partial charge is 0.316 e. The molecule has 1 aromatic carbocycles. The normalized spacial score (nSPS) is 23.0. The third-order valence-electron chi connectivity index (χ3n) is 3.18. The Hall–Kier alpha value is -0.960. The van der Waals surface area contributed by atoms with E-state index in [1.165, 1.54) is 12.1 Å². The lowest BCUT2D eigenvalue weighted by Gasteiger charge is -2.24. The number of halogens is 2. The standard InChI is InChI=1S/C13H17F2N/c14-12-6-2-1-5-11(12)13(15)8-10-4-3-7-16-9-10/h1-2,5-6,10,13,16H,3-4,7-9H2. The lowest BCUT2D eigenvalue weighted by Crippen LogP contribution is -2.30. The van der Waals surface area contributed by atoms with Crippen LogP contribution in [0.1, 0.15) is 31.0 Å². The summed E-state index contributed by atoms with van der Waals surface area (Å²) in [5, 5.41) is 3.25. The second-order valence-corrected chi connectivity index (χ2v) is 4.44. The van der Waals surface area contributed by atoms with Crippen molar-refractivity contribution in [3.8, 4) is 0 Å². The van der Waals surface area contributed by atoms with Crippen molar-refractivity contribution in [1.29, 1.82) is 0 Å². The van der Waals surface area contributed by atoms with Gasteiger partial charge >= 0.3 is 0 Å². The molecule has 0 bridgehead atoms. The zero-order chi connectivity index (χ0) is 11.4. The smallest absolute Gasteiger partial charge is 0.129 e. The van der Waals surface area contributed by atoms with E-state index in [4.69, 9.17) is 0 Å². The first-order valence-corrected chi connectivity index (χ1v) is 5.86. The number of hydrogen-bond acceptors (Lipinski definition) is 1. The molecule has 88 valence electrons. The molecule has 0 spiro atoms. The van der Waals surface area contributed by atoms with Crippen molar-refractivity contribution >= 4 is 0 Å². The van der Waals surface area contributed by atoms with Crippen LogP contribution in [0.4, 0.5) is 8.78 Å².